The van der Waals surface area contributed by atoms with Crippen LogP contribution in [0.4, 0.5) is 0 Å². The average Bonchev–Trinajstić information content (AvgIpc) is 2.93. The lowest BCUT2D eigenvalue weighted by atomic mass is 10.2. The second-order valence-corrected chi connectivity index (χ2v) is 6.51. The fourth-order valence-corrected chi connectivity index (χ4v) is 3.28. The maximum atomic E-state index is 12.3. The quantitative estimate of drug-likeness (QED) is 0.691. The van der Waals surface area contributed by atoms with Crippen molar-refractivity contribution in [2.75, 3.05) is 6.54 Å². The van der Waals surface area contributed by atoms with E-state index in [1.54, 1.807) is 0 Å². The minimum atomic E-state index is -0.0689. The molecule has 0 spiro atoms. The Hall–Kier alpha value is -2.14. The van der Waals surface area contributed by atoms with Crippen LogP contribution in [0.2, 0.25) is 0 Å². The Labute approximate surface area is 150 Å². The molecular formula is C19H20BrN3O. The molecule has 1 amide bonds. The summed E-state index contributed by atoms with van der Waals surface area (Å²) in [7, 11) is 0. The van der Waals surface area contributed by atoms with Gasteiger partial charge in [0.25, 0.3) is 5.91 Å². The molecule has 1 heterocycles. The smallest absolute Gasteiger partial charge is 0.252 e. The largest absolute Gasteiger partial charge is 0.352 e. The van der Waals surface area contributed by atoms with Crippen molar-refractivity contribution in [3.05, 3.63) is 64.4 Å². The van der Waals surface area contributed by atoms with E-state index in [0.29, 0.717) is 18.5 Å². The van der Waals surface area contributed by atoms with Crippen LogP contribution in [0.3, 0.4) is 0 Å². The van der Waals surface area contributed by atoms with Crippen molar-refractivity contribution in [1.82, 2.24) is 14.9 Å². The lowest BCUT2D eigenvalue weighted by molar-refractivity contribution is 0.0953. The Morgan fingerprint density at radius 2 is 1.92 bits per heavy atom. The molecule has 0 aliphatic carbocycles. The highest BCUT2D eigenvalue weighted by atomic mass is 79.9. The summed E-state index contributed by atoms with van der Waals surface area (Å²) in [6.45, 7) is 3.66. The van der Waals surface area contributed by atoms with Crippen LogP contribution in [0, 0.1) is 0 Å². The number of benzene rings is 2. The second-order valence-electron chi connectivity index (χ2n) is 5.65. The third kappa shape index (κ3) is 3.51. The highest BCUT2D eigenvalue weighted by molar-refractivity contribution is 9.10. The Balaban J connectivity index is 1.71. The number of amides is 1. The van der Waals surface area contributed by atoms with E-state index >= 15 is 0 Å². The van der Waals surface area contributed by atoms with Crippen LogP contribution < -0.4 is 5.32 Å². The molecule has 1 aromatic heterocycles. The van der Waals surface area contributed by atoms with Crippen LogP contribution in [-0.2, 0) is 13.0 Å². The molecule has 0 atom stereocenters. The molecule has 1 N–H and O–H groups in total. The van der Waals surface area contributed by atoms with Gasteiger partial charge in [0.05, 0.1) is 16.6 Å². The molecule has 2 aromatic carbocycles. The Morgan fingerprint density at radius 3 is 2.71 bits per heavy atom. The number of nitrogens with one attached hydrogen (secondary N) is 1. The number of halogens is 1. The number of hydrogen-bond donors (Lipinski definition) is 1. The van der Waals surface area contributed by atoms with Crippen molar-refractivity contribution in [3.63, 3.8) is 0 Å². The summed E-state index contributed by atoms with van der Waals surface area (Å²) in [4.78, 5) is 17.0. The normalized spacial score (nSPS) is 10.9. The number of para-hydroxylation sites is 2. The second kappa shape index (κ2) is 7.62. The van der Waals surface area contributed by atoms with Crippen LogP contribution in [0.5, 0.6) is 0 Å². The molecule has 0 saturated carbocycles. The minimum absolute atomic E-state index is 0.0689. The lowest BCUT2D eigenvalue weighted by Crippen LogP contribution is -2.26. The highest BCUT2D eigenvalue weighted by Gasteiger charge is 2.12. The summed E-state index contributed by atoms with van der Waals surface area (Å²) in [5, 5.41) is 2.98. The van der Waals surface area contributed by atoms with Crippen molar-refractivity contribution in [2.24, 2.45) is 0 Å². The monoisotopic (exact) mass is 385 g/mol. The van der Waals surface area contributed by atoms with Gasteiger partial charge < -0.3 is 9.88 Å². The summed E-state index contributed by atoms with van der Waals surface area (Å²) in [5.41, 5.74) is 2.82. The molecule has 3 rings (SSSR count). The number of aryl methyl sites for hydroxylation is 1. The minimum Gasteiger partial charge on any atom is -0.352 e. The van der Waals surface area contributed by atoms with Gasteiger partial charge >= 0.3 is 0 Å². The summed E-state index contributed by atoms with van der Waals surface area (Å²) < 4.78 is 3.06. The van der Waals surface area contributed by atoms with Crippen LogP contribution in [-0.4, -0.2) is 22.0 Å². The lowest BCUT2D eigenvalue weighted by Gasteiger charge is -2.09. The Bertz CT molecular complexity index is 857. The van der Waals surface area contributed by atoms with Gasteiger partial charge in [0.2, 0.25) is 0 Å². The molecule has 3 aromatic rings. The molecule has 0 saturated heterocycles. The number of aromatic nitrogens is 2. The molecule has 24 heavy (non-hydrogen) atoms. The number of carbonyl (C=O) groups is 1. The van der Waals surface area contributed by atoms with Gasteiger partial charge in [-0.15, -0.1) is 0 Å². The zero-order valence-corrected chi connectivity index (χ0v) is 15.2. The Kier molecular flexibility index (Phi) is 5.30. The summed E-state index contributed by atoms with van der Waals surface area (Å²) in [6, 6.07) is 15.6. The van der Waals surface area contributed by atoms with Crippen molar-refractivity contribution in [2.45, 2.75) is 26.3 Å². The predicted molar refractivity (Wildman–Crippen MR) is 100 cm³/mol. The first-order chi connectivity index (χ1) is 11.7. The van der Waals surface area contributed by atoms with Gasteiger partial charge in [0.1, 0.15) is 5.82 Å². The van der Waals surface area contributed by atoms with E-state index in [4.69, 9.17) is 4.98 Å². The van der Waals surface area contributed by atoms with Crippen molar-refractivity contribution < 1.29 is 4.79 Å². The molecule has 5 heteroatoms. The van der Waals surface area contributed by atoms with Gasteiger partial charge in [0.15, 0.2) is 0 Å². The van der Waals surface area contributed by atoms with Gasteiger partial charge in [-0.3, -0.25) is 4.79 Å². The van der Waals surface area contributed by atoms with Gasteiger partial charge in [-0.05, 0) is 46.6 Å². The van der Waals surface area contributed by atoms with E-state index in [9.17, 15) is 4.79 Å². The SMILES string of the molecule is CCCn1c(CCNC(=O)c2ccccc2Br)nc2ccccc21. The molecule has 0 aliphatic rings. The fourth-order valence-electron chi connectivity index (χ4n) is 2.82. The zero-order chi connectivity index (χ0) is 16.9. The molecule has 4 nitrogen and oxygen atoms in total. The molecule has 0 bridgehead atoms. The third-order valence-electron chi connectivity index (χ3n) is 3.93. The van der Waals surface area contributed by atoms with Gasteiger partial charge in [-0.1, -0.05) is 31.2 Å². The molecule has 124 valence electrons. The number of carbonyl (C=O) groups excluding carboxylic acids is 1. The van der Waals surface area contributed by atoms with Gasteiger partial charge in [-0.2, -0.15) is 0 Å². The Morgan fingerprint density at radius 1 is 1.17 bits per heavy atom. The molecule has 0 radical (unpaired) electrons. The molecule has 0 fully saturated rings. The van der Waals surface area contributed by atoms with Gasteiger partial charge in [-0.25, -0.2) is 4.98 Å². The van der Waals surface area contributed by atoms with E-state index in [-0.39, 0.29) is 5.91 Å². The first-order valence-corrected chi connectivity index (χ1v) is 8.97. The average molecular weight is 386 g/mol. The van der Waals surface area contributed by atoms with Crippen molar-refractivity contribution >= 4 is 32.9 Å². The first-order valence-electron chi connectivity index (χ1n) is 8.17. The van der Waals surface area contributed by atoms with E-state index in [0.717, 1.165) is 34.3 Å². The van der Waals surface area contributed by atoms with Crippen LogP contribution in [0.1, 0.15) is 29.5 Å². The number of fused-ring (bicyclic) bond motifs is 1. The maximum absolute atomic E-state index is 12.3. The molecular weight excluding hydrogens is 366 g/mol. The summed E-state index contributed by atoms with van der Waals surface area (Å²) >= 11 is 3.41. The van der Waals surface area contributed by atoms with Crippen LogP contribution in [0.15, 0.2) is 53.0 Å². The van der Waals surface area contributed by atoms with E-state index in [2.05, 4.69) is 38.8 Å². The predicted octanol–water partition coefficient (Wildman–Crippen LogP) is 4.18. The molecule has 0 aliphatic heterocycles. The number of hydrogen-bond acceptors (Lipinski definition) is 2. The van der Waals surface area contributed by atoms with Crippen molar-refractivity contribution in [1.29, 1.82) is 0 Å². The molecule has 0 unspecified atom stereocenters. The van der Waals surface area contributed by atoms with E-state index in [1.165, 1.54) is 0 Å². The summed E-state index contributed by atoms with van der Waals surface area (Å²) in [6.07, 6.45) is 1.77. The van der Waals surface area contributed by atoms with Crippen molar-refractivity contribution in [3.8, 4) is 0 Å². The van der Waals surface area contributed by atoms with Crippen LogP contribution >= 0.6 is 15.9 Å². The number of rotatable bonds is 6. The van der Waals surface area contributed by atoms with E-state index in [1.807, 2.05) is 42.5 Å². The maximum Gasteiger partial charge on any atom is 0.252 e. The third-order valence-corrected chi connectivity index (χ3v) is 4.62. The van der Waals surface area contributed by atoms with Gasteiger partial charge in [0, 0.05) is 24.0 Å². The zero-order valence-electron chi connectivity index (χ0n) is 13.6. The van der Waals surface area contributed by atoms with E-state index < -0.39 is 0 Å². The number of imidazole rings is 1. The standard InChI is InChI=1S/C19H20BrN3O/c1-2-13-23-17-10-6-5-9-16(17)22-18(23)11-12-21-19(24)14-7-3-4-8-15(14)20/h3-10H,2,11-13H2,1H3,(H,21,24). The fraction of sp³-hybridized carbons (Fsp3) is 0.263. The topological polar surface area (TPSA) is 46.9 Å². The van der Waals surface area contributed by atoms with Crippen LogP contribution in [0.25, 0.3) is 11.0 Å². The highest BCUT2D eigenvalue weighted by Crippen LogP contribution is 2.17. The number of nitrogens with zero attached hydrogens (tertiary/aromatic N) is 2. The first kappa shape index (κ1) is 16.7. The summed E-state index contributed by atoms with van der Waals surface area (Å²) in [5.74, 6) is 0.950.